The van der Waals surface area contributed by atoms with Crippen molar-refractivity contribution in [2.75, 3.05) is 6.61 Å². The molecule has 0 heterocycles. The van der Waals surface area contributed by atoms with Crippen LogP contribution in [0.5, 0.6) is 11.5 Å². The molecule has 39 heavy (non-hydrogen) atoms. The number of carbonyl (C=O) groups is 4. The predicted octanol–water partition coefficient (Wildman–Crippen LogP) is 5.48. The first-order valence-electron chi connectivity index (χ1n) is 14.0. The molecule has 6 atom stereocenters. The average molecular weight is 550 g/mol. The van der Waals surface area contributed by atoms with Crippen LogP contribution in [0.2, 0.25) is 0 Å². The van der Waals surface area contributed by atoms with Crippen LogP contribution >= 0.6 is 0 Å². The molecular weight excluding hydrogens is 502 g/mol. The largest absolute Gasteiger partial charge is 0.480 e. The van der Waals surface area contributed by atoms with Crippen molar-refractivity contribution in [1.82, 2.24) is 0 Å². The van der Waals surface area contributed by atoms with Crippen LogP contribution in [-0.4, -0.2) is 41.6 Å². The smallest absolute Gasteiger partial charge is 0.321 e. The van der Waals surface area contributed by atoms with Gasteiger partial charge in [-0.2, -0.15) is 0 Å². The minimum absolute atomic E-state index is 0.0156. The molecule has 9 heteroatoms. The van der Waals surface area contributed by atoms with E-state index in [4.69, 9.17) is 19.9 Å². The van der Waals surface area contributed by atoms with Crippen molar-refractivity contribution in [3.8, 4) is 11.5 Å². The van der Waals surface area contributed by atoms with Crippen LogP contribution in [0, 0.1) is 23.7 Å². The van der Waals surface area contributed by atoms with Crippen LogP contribution in [-0.2, 0) is 23.9 Å². The van der Waals surface area contributed by atoms with Gasteiger partial charge in [-0.25, -0.2) is 0 Å². The van der Waals surface area contributed by atoms with Crippen LogP contribution in [0.25, 0.3) is 0 Å². The summed E-state index contributed by atoms with van der Waals surface area (Å²) in [4.78, 5) is 49.3. The minimum atomic E-state index is -1.32. The van der Waals surface area contributed by atoms with Crippen LogP contribution in [0.1, 0.15) is 98.5 Å². The molecule has 1 aromatic rings. The Labute approximate surface area is 232 Å². The monoisotopic (exact) mass is 549 g/mol. The van der Waals surface area contributed by atoms with E-state index >= 15 is 0 Å². The second-order valence-corrected chi connectivity index (χ2v) is 10.9. The molecule has 9 nitrogen and oxygen atoms in total. The average Bonchev–Trinajstić information content (AvgIpc) is 2.88. The molecule has 0 saturated carbocycles. The van der Waals surface area contributed by atoms with E-state index in [1.807, 2.05) is 41.5 Å². The van der Waals surface area contributed by atoms with Crippen LogP contribution in [0.3, 0.4) is 0 Å². The summed E-state index contributed by atoms with van der Waals surface area (Å²) in [6.45, 7) is 13.5. The standard InChI is InChI=1S/C30H47NO8/c1-8-18(4)13-25(32)37-17-21(7)28(29(31)30(35)36)22-11-12-23(38-26(33)14-19(5)9-2)24(16-22)39-27(34)15-20(6)10-3/h11-12,16,18-21,28-29H,8-10,13-15,17,31H2,1-7H3,(H,35,36)/t18?,19?,20?,21?,28?,29-/m0/s1. The Bertz CT molecular complexity index is 962. The van der Waals surface area contributed by atoms with E-state index in [0.29, 0.717) is 5.56 Å². The molecule has 0 aliphatic carbocycles. The maximum absolute atomic E-state index is 12.7. The fraction of sp³-hybridized carbons (Fsp3) is 0.667. The van der Waals surface area contributed by atoms with E-state index in [-0.39, 0.29) is 61.1 Å². The molecule has 3 N–H and O–H groups in total. The van der Waals surface area contributed by atoms with Crippen LogP contribution in [0.4, 0.5) is 0 Å². The van der Waals surface area contributed by atoms with Gasteiger partial charge < -0.3 is 25.1 Å². The number of ether oxygens (including phenoxy) is 3. The lowest BCUT2D eigenvalue weighted by Crippen LogP contribution is -2.40. The first kappa shape index (κ1) is 34.1. The lowest BCUT2D eigenvalue weighted by molar-refractivity contribution is -0.146. The molecule has 220 valence electrons. The number of carbonyl (C=O) groups excluding carboxylic acids is 3. The molecule has 0 aliphatic heterocycles. The molecule has 1 aromatic carbocycles. The van der Waals surface area contributed by atoms with Crippen LogP contribution in [0.15, 0.2) is 18.2 Å². The summed E-state index contributed by atoms with van der Waals surface area (Å²) < 4.78 is 16.6. The number of rotatable bonds is 17. The van der Waals surface area contributed by atoms with Gasteiger partial charge in [0.15, 0.2) is 11.5 Å². The highest BCUT2D eigenvalue weighted by molar-refractivity contribution is 5.77. The predicted molar refractivity (Wildman–Crippen MR) is 148 cm³/mol. The zero-order valence-electron chi connectivity index (χ0n) is 24.5. The van der Waals surface area contributed by atoms with Crippen molar-refractivity contribution < 1.29 is 38.5 Å². The van der Waals surface area contributed by atoms with Gasteiger partial charge in [-0.05, 0) is 41.4 Å². The second-order valence-electron chi connectivity index (χ2n) is 10.9. The zero-order valence-corrected chi connectivity index (χ0v) is 24.5. The third-order valence-electron chi connectivity index (χ3n) is 7.23. The van der Waals surface area contributed by atoms with Crippen molar-refractivity contribution in [2.45, 2.75) is 99.0 Å². The highest BCUT2D eigenvalue weighted by Crippen LogP contribution is 2.36. The maximum Gasteiger partial charge on any atom is 0.321 e. The van der Waals surface area contributed by atoms with Gasteiger partial charge in [0.25, 0.3) is 0 Å². The summed E-state index contributed by atoms with van der Waals surface area (Å²) in [5.74, 6) is -3.32. The third-order valence-corrected chi connectivity index (χ3v) is 7.23. The van der Waals surface area contributed by atoms with E-state index < -0.39 is 35.8 Å². The van der Waals surface area contributed by atoms with Crippen molar-refractivity contribution in [3.63, 3.8) is 0 Å². The molecule has 5 unspecified atom stereocenters. The summed E-state index contributed by atoms with van der Waals surface area (Å²) >= 11 is 0. The zero-order chi connectivity index (χ0) is 29.7. The van der Waals surface area contributed by atoms with Gasteiger partial charge in [-0.15, -0.1) is 0 Å². The molecule has 0 aliphatic rings. The Kier molecular flexibility index (Phi) is 14.8. The van der Waals surface area contributed by atoms with E-state index in [0.717, 1.165) is 19.3 Å². The summed E-state index contributed by atoms with van der Waals surface area (Å²) in [5, 5.41) is 9.73. The Morgan fingerprint density at radius 2 is 1.23 bits per heavy atom. The SMILES string of the molecule is CCC(C)CC(=O)OCC(C)C(c1ccc(OC(=O)CC(C)CC)c(OC(=O)CC(C)CC)c1)[C@H](N)C(=O)O. The minimum Gasteiger partial charge on any atom is -0.480 e. The summed E-state index contributed by atoms with van der Waals surface area (Å²) in [7, 11) is 0. The second kappa shape index (κ2) is 16.9. The summed E-state index contributed by atoms with van der Waals surface area (Å²) in [5.41, 5.74) is 6.55. The lowest BCUT2D eigenvalue weighted by atomic mass is 9.82. The Balaban J connectivity index is 3.34. The fourth-order valence-corrected chi connectivity index (χ4v) is 3.94. The fourth-order valence-electron chi connectivity index (χ4n) is 3.94. The lowest BCUT2D eigenvalue weighted by Gasteiger charge is -2.28. The number of aliphatic carboxylic acids is 1. The van der Waals surface area contributed by atoms with Gasteiger partial charge in [0.1, 0.15) is 6.04 Å². The molecule has 0 bridgehead atoms. The van der Waals surface area contributed by atoms with Gasteiger partial charge in [-0.1, -0.05) is 73.8 Å². The molecule has 0 aromatic heterocycles. The summed E-state index contributed by atoms with van der Waals surface area (Å²) in [6, 6.07) is 3.25. The molecule has 0 fully saturated rings. The molecular formula is C30H47NO8. The number of carboxylic acids is 1. The number of hydrogen-bond donors (Lipinski definition) is 2. The van der Waals surface area contributed by atoms with E-state index in [2.05, 4.69) is 0 Å². The van der Waals surface area contributed by atoms with Gasteiger partial charge in [0.2, 0.25) is 0 Å². The van der Waals surface area contributed by atoms with Crippen LogP contribution < -0.4 is 15.2 Å². The number of hydrogen-bond acceptors (Lipinski definition) is 8. The number of nitrogens with two attached hydrogens (primary N) is 1. The molecule has 0 saturated heterocycles. The van der Waals surface area contributed by atoms with E-state index in [9.17, 15) is 24.3 Å². The molecule has 0 radical (unpaired) electrons. The van der Waals surface area contributed by atoms with Crippen molar-refractivity contribution in [3.05, 3.63) is 23.8 Å². The highest BCUT2D eigenvalue weighted by Gasteiger charge is 2.33. The number of esters is 3. The number of benzene rings is 1. The first-order valence-corrected chi connectivity index (χ1v) is 14.0. The molecule has 0 spiro atoms. The quantitative estimate of drug-likeness (QED) is 0.191. The van der Waals surface area contributed by atoms with E-state index in [1.54, 1.807) is 13.0 Å². The first-order chi connectivity index (χ1) is 18.3. The van der Waals surface area contributed by atoms with E-state index in [1.165, 1.54) is 12.1 Å². The van der Waals surface area contributed by atoms with Gasteiger partial charge in [-0.3, -0.25) is 19.2 Å². The van der Waals surface area contributed by atoms with Crippen molar-refractivity contribution in [1.29, 1.82) is 0 Å². The Morgan fingerprint density at radius 3 is 1.69 bits per heavy atom. The Morgan fingerprint density at radius 1 is 0.769 bits per heavy atom. The summed E-state index contributed by atoms with van der Waals surface area (Å²) in [6.07, 6.45) is 3.07. The number of carboxylic acid groups (broad SMARTS) is 1. The maximum atomic E-state index is 12.7. The topological polar surface area (TPSA) is 142 Å². The highest BCUT2D eigenvalue weighted by atomic mass is 16.6. The van der Waals surface area contributed by atoms with Crippen molar-refractivity contribution >= 4 is 23.9 Å². The molecule has 1 rings (SSSR count). The third kappa shape index (κ3) is 11.8. The normalized spacial score (nSPS) is 15.8. The van der Waals surface area contributed by atoms with Crippen molar-refractivity contribution in [2.24, 2.45) is 29.4 Å². The van der Waals surface area contributed by atoms with Gasteiger partial charge >= 0.3 is 23.9 Å². The van der Waals surface area contributed by atoms with Gasteiger partial charge in [0, 0.05) is 25.2 Å². The molecule has 0 amide bonds. The van der Waals surface area contributed by atoms with Gasteiger partial charge in [0.05, 0.1) is 6.61 Å². The Hall–Kier alpha value is -2.94.